The normalized spacial score (nSPS) is 48.9. The van der Waals surface area contributed by atoms with Gasteiger partial charge in [-0.25, -0.2) is 0 Å². The standard InChI is InChI=1S/C23H34O6/c1-13(24)28-18-9-11-22(4)17-8-10-21(3)16(5-6-19(21)29-14(2)25)15(17)7-12-23(22,27)20(18)26/h15-19,27H,5-12H2,1-4H3/t15-,16-,17-,18-,19-,21-,22+,23+/m0/s1. The summed E-state index contributed by atoms with van der Waals surface area (Å²) in [7, 11) is 0. The Morgan fingerprint density at radius 2 is 1.59 bits per heavy atom. The largest absolute Gasteiger partial charge is 0.462 e. The van der Waals surface area contributed by atoms with E-state index in [-0.39, 0.29) is 29.2 Å². The maximum absolute atomic E-state index is 13.2. The highest BCUT2D eigenvalue weighted by atomic mass is 16.5. The Labute approximate surface area is 172 Å². The molecule has 0 unspecified atom stereocenters. The summed E-state index contributed by atoms with van der Waals surface area (Å²) in [5, 5.41) is 11.6. The molecule has 162 valence electrons. The molecule has 4 aliphatic rings. The molecule has 4 fully saturated rings. The molecule has 0 aromatic carbocycles. The Bertz CT molecular complexity index is 733. The number of ketones is 1. The van der Waals surface area contributed by atoms with Crippen molar-refractivity contribution in [2.45, 2.75) is 96.9 Å². The van der Waals surface area contributed by atoms with Gasteiger partial charge in [0, 0.05) is 24.7 Å². The SMILES string of the molecule is CC(=O)O[C@H]1CC[C@]2(C)[C@H]3CC[C@]4(C)[C@@H](OC(C)=O)CC[C@H]4[C@@H]3CC[C@@]2(O)C1=O. The molecule has 8 atom stereocenters. The molecular weight excluding hydrogens is 372 g/mol. The zero-order valence-electron chi connectivity index (χ0n) is 18.0. The fourth-order valence-electron chi connectivity index (χ4n) is 7.73. The first-order valence-corrected chi connectivity index (χ1v) is 11.1. The molecule has 0 radical (unpaired) electrons. The van der Waals surface area contributed by atoms with Crippen molar-refractivity contribution in [3.63, 3.8) is 0 Å². The average molecular weight is 407 g/mol. The summed E-state index contributed by atoms with van der Waals surface area (Å²) < 4.78 is 10.9. The number of aliphatic hydroxyl groups is 1. The fraction of sp³-hybridized carbons (Fsp3) is 0.870. The van der Waals surface area contributed by atoms with Gasteiger partial charge < -0.3 is 14.6 Å². The lowest BCUT2D eigenvalue weighted by Crippen LogP contribution is -2.67. The Kier molecular flexibility index (Phi) is 4.88. The maximum atomic E-state index is 13.2. The number of hydrogen-bond acceptors (Lipinski definition) is 6. The lowest BCUT2D eigenvalue weighted by atomic mass is 9.43. The molecule has 0 bridgehead atoms. The van der Waals surface area contributed by atoms with Crippen LogP contribution in [-0.2, 0) is 23.9 Å². The first kappa shape index (κ1) is 20.8. The molecule has 4 aliphatic carbocycles. The van der Waals surface area contributed by atoms with E-state index in [1.807, 2.05) is 0 Å². The molecule has 0 spiro atoms. The van der Waals surface area contributed by atoms with Crippen molar-refractivity contribution in [2.75, 3.05) is 0 Å². The van der Waals surface area contributed by atoms with Crippen LogP contribution in [0.25, 0.3) is 0 Å². The number of fused-ring (bicyclic) bond motifs is 5. The van der Waals surface area contributed by atoms with Crippen molar-refractivity contribution in [2.24, 2.45) is 28.6 Å². The van der Waals surface area contributed by atoms with Crippen LogP contribution in [0.5, 0.6) is 0 Å². The van der Waals surface area contributed by atoms with Gasteiger partial charge in [0.1, 0.15) is 11.7 Å². The minimum absolute atomic E-state index is 0.0163. The van der Waals surface area contributed by atoms with Crippen LogP contribution in [0.2, 0.25) is 0 Å². The number of rotatable bonds is 2. The lowest BCUT2D eigenvalue weighted by Gasteiger charge is -2.62. The van der Waals surface area contributed by atoms with Gasteiger partial charge in [0.05, 0.1) is 0 Å². The minimum atomic E-state index is -1.42. The molecule has 0 amide bonds. The van der Waals surface area contributed by atoms with E-state index in [1.165, 1.54) is 13.8 Å². The second-order valence-electron chi connectivity index (χ2n) is 10.4. The van der Waals surface area contributed by atoms with Crippen LogP contribution in [0.15, 0.2) is 0 Å². The van der Waals surface area contributed by atoms with Crippen LogP contribution in [-0.4, -0.2) is 40.6 Å². The summed E-state index contributed by atoms with van der Waals surface area (Å²) in [6, 6.07) is 0. The molecule has 6 heteroatoms. The van der Waals surface area contributed by atoms with Crippen LogP contribution in [0.1, 0.15) is 79.1 Å². The summed E-state index contributed by atoms with van der Waals surface area (Å²) in [4.78, 5) is 36.2. The molecule has 0 heterocycles. The molecule has 0 aromatic heterocycles. The van der Waals surface area contributed by atoms with Crippen molar-refractivity contribution < 1.29 is 29.0 Å². The second-order valence-corrected chi connectivity index (χ2v) is 10.4. The summed E-state index contributed by atoms with van der Waals surface area (Å²) >= 11 is 0. The van der Waals surface area contributed by atoms with E-state index in [9.17, 15) is 19.5 Å². The van der Waals surface area contributed by atoms with Crippen molar-refractivity contribution in [1.29, 1.82) is 0 Å². The summed E-state index contributed by atoms with van der Waals surface area (Å²) in [6.45, 7) is 7.13. The maximum Gasteiger partial charge on any atom is 0.303 e. The van der Waals surface area contributed by atoms with Gasteiger partial charge in [0.15, 0.2) is 6.10 Å². The molecule has 29 heavy (non-hydrogen) atoms. The van der Waals surface area contributed by atoms with Gasteiger partial charge in [-0.3, -0.25) is 14.4 Å². The van der Waals surface area contributed by atoms with Crippen LogP contribution in [0.3, 0.4) is 0 Å². The number of esters is 2. The van der Waals surface area contributed by atoms with Crippen LogP contribution >= 0.6 is 0 Å². The van der Waals surface area contributed by atoms with Crippen LogP contribution in [0, 0.1) is 28.6 Å². The average Bonchev–Trinajstić information content (AvgIpc) is 2.96. The monoisotopic (exact) mass is 406 g/mol. The molecule has 4 saturated carbocycles. The third kappa shape index (κ3) is 2.88. The van der Waals surface area contributed by atoms with Crippen molar-refractivity contribution in [1.82, 2.24) is 0 Å². The summed E-state index contributed by atoms with van der Waals surface area (Å²) in [5.41, 5.74) is -1.93. The first-order valence-electron chi connectivity index (χ1n) is 11.1. The molecule has 0 aromatic rings. The van der Waals surface area contributed by atoms with Crippen LogP contribution < -0.4 is 0 Å². The van der Waals surface area contributed by atoms with Gasteiger partial charge in [-0.1, -0.05) is 13.8 Å². The highest BCUT2D eigenvalue weighted by Crippen LogP contribution is 2.67. The Morgan fingerprint density at radius 3 is 2.24 bits per heavy atom. The second kappa shape index (κ2) is 6.79. The number of carbonyl (C=O) groups is 3. The minimum Gasteiger partial charge on any atom is -0.462 e. The zero-order valence-corrected chi connectivity index (χ0v) is 18.0. The third-order valence-corrected chi connectivity index (χ3v) is 9.20. The van der Waals surface area contributed by atoms with Gasteiger partial charge in [0.2, 0.25) is 5.78 Å². The highest BCUT2D eigenvalue weighted by molar-refractivity contribution is 5.94. The van der Waals surface area contributed by atoms with Gasteiger partial charge >= 0.3 is 11.9 Å². The Morgan fingerprint density at radius 1 is 0.897 bits per heavy atom. The van der Waals surface area contributed by atoms with E-state index in [2.05, 4.69) is 13.8 Å². The zero-order chi connectivity index (χ0) is 21.2. The first-order chi connectivity index (χ1) is 13.5. The highest BCUT2D eigenvalue weighted by Gasteiger charge is 2.68. The predicted molar refractivity (Wildman–Crippen MR) is 105 cm³/mol. The van der Waals surface area contributed by atoms with E-state index < -0.39 is 23.1 Å². The van der Waals surface area contributed by atoms with Gasteiger partial charge in [-0.15, -0.1) is 0 Å². The number of carbonyl (C=O) groups excluding carboxylic acids is 3. The molecular formula is C23H34O6. The smallest absolute Gasteiger partial charge is 0.303 e. The van der Waals surface area contributed by atoms with E-state index in [0.29, 0.717) is 31.1 Å². The predicted octanol–water partition coefficient (Wildman–Crippen LogP) is 3.19. The molecule has 0 saturated heterocycles. The van der Waals surface area contributed by atoms with Crippen molar-refractivity contribution in [3.8, 4) is 0 Å². The Hall–Kier alpha value is -1.43. The fourth-order valence-corrected chi connectivity index (χ4v) is 7.73. The van der Waals surface area contributed by atoms with Crippen molar-refractivity contribution in [3.05, 3.63) is 0 Å². The van der Waals surface area contributed by atoms with Crippen LogP contribution in [0.4, 0.5) is 0 Å². The van der Waals surface area contributed by atoms with E-state index in [4.69, 9.17) is 9.47 Å². The molecule has 4 rings (SSSR count). The quantitative estimate of drug-likeness (QED) is 0.709. The van der Waals surface area contributed by atoms with Crippen molar-refractivity contribution >= 4 is 17.7 Å². The number of hydrogen-bond donors (Lipinski definition) is 1. The lowest BCUT2D eigenvalue weighted by molar-refractivity contribution is -0.218. The van der Waals surface area contributed by atoms with Gasteiger partial charge in [-0.2, -0.15) is 0 Å². The van der Waals surface area contributed by atoms with E-state index in [0.717, 1.165) is 32.1 Å². The molecule has 6 nitrogen and oxygen atoms in total. The van der Waals surface area contributed by atoms with E-state index in [1.54, 1.807) is 0 Å². The third-order valence-electron chi connectivity index (χ3n) is 9.20. The Balaban J connectivity index is 1.60. The molecule has 0 aliphatic heterocycles. The number of ether oxygens (including phenoxy) is 2. The summed E-state index contributed by atoms with van der Waals surface area (Å²) in [6.07, 6.45) is 5.35. The molecule has 1 N–H and O–H groups in total. The summed E-state index contributed by atoms with van der Waals surface area (Å²) in [5.74, 6) is 0.152. The number of Topliss-reactive ketones (excluding diaryl/α,β-unsaturated/α-hetero) is 1. The van der Waals surface area contributed by atoms with E-state index >= 15 is 0 Å². The topological polar surface area (TPSA) is 89.9 Å². The van der Waals surface area contributed by atoms with Gasteiger partial charge in [-0.05, 0) is 69.1 Å². The van der Waals surface area contributed by atoms with Gasteiger partial charge in [0.25, 0.3) is 0 Å².